The molecular weight excluding hydrogens is 392 g/mol. The number of likely N-dealkylation sites (tertiary alicyclic amines) is 1. The van der Waals surface area contributed by atoms with E-state index in [4.69, 9.17) is 4.74 Å². The van der Waals surface area contributed by atoms with E-state index < -0.39 is 0 Å². The second-order valence-corrected chi connectivity index (χ2v) is 7.83. The molecule has 1 aliphatic rings. The molecule has 4 rings (SSSR count). The lowest BCUT2D eigenvalue weighted by Crippen LogP contribution is -2.32. The Morgan fingerprint density at radius 1 is 1.26 bits per heavy atom. The SMILES string of the molecule is CCOc1ccc(CC(=O)N2CCC[C@H]2c2[nH]ncc2-c2ccnc(N(C)C)n2)cc1. The maximum atomic E-state index is 13.2. The predicted molar refractivity (Wildman–Crippen MR) is 119 cm³/mol. The van der Waals surface area contributed by atoms with Gasteiger partial charge in [-0.15, -0.1) is 0 Å². The number of aromatic amines is 1. The number of H-pyrrole nitrogens is 1. The van der Waals surface area contributed by atoms with Gasteiger partial charge in [-0.2, -0.15) is 5.10 Å². The zero-order valence-electron chi connectivity index (χ0n) is 18.2. The summed E-state index contributed by atoms with van der Waals surface area (Å²) in [4.78, 5) is 25.9. The van der Waals surface area contributed by atoms with Crippen molar-refractivity contribution in [2.24, 2.45) is 0 Å². The lowest BCUT2D eigenvalue weighted by Gasteiger charge is -2.25. The molecule has 0 bridgehead atoms. The van der Waals surface area contributed by atoms with E-state index in [1.54, 1.807) is 12.4 Å². The number of amides is 1. The number of nitrogens with zero attached hydrogens (tertiary/aromatic N) is 5. The number of hydrogen-bond acceptors (Lipinski definition) is 6. The largest absolute Gasteiger partial charge is 0.494 e. The van der Waals surface area contributed by atoms with Gasteiger partial charge in [0.15, 0.2) is 0 Å². The smallest absolute Gasteiger partial charge is 0.227 e. The number of hydrogen-bond donors (Lipinski definition) is 1. The molecule has 1 atom stereocenters. The third-order valence-corrected chi connectivity index (χ3v) is 5.48. The molecule has 0 unspecified atom stereocenters. The van der Waals surface area contributed by atoms with E-state index in [0.29, 0.717) is 19.0 Å². The first-order chi connectivity index (χ1) is 15.1. The molecule has 1 aliphatic heterocycles. The van der Waals surface area contributed by atoms with Gasteiger partial charge in [-0.1, -0.05) is 12.1 Å². The number of anilines is 1. The molecule has 1 fully saturated rings. The molecule has 1 N–H and O–H groups in total. The minimum atomic E-state index is -0.0366. The van der Waals surface area contributed by atoms with Gasteiger partial charge in [0.2, 0.25) is 11.9 Å². The average molecular weight is 421 g/mol. The Morgan fingerprint density at radius 3 is 2.81 bits per heavy atom. The Morgan fingerprint density at radius 2 is 2.06 bits per heavy atom. The van der Waals surface area contributed by atoms with E-state index in [2.05, 4.69) is 20.2 Å². The van der Waals surface area contributed by atoms with Crippen LogP contribution in [0.15, 0.2) is 42.7 Å². The Hall–Kier alpha value is -3.42. The van der Waals surface area contributed by atoms with Crippen molar-refractivity contribution in [1.82, 2.24) is 25.1 Å². The van der Waals surface area contributed by atoms with Crippen LogP contribution in [0.2, 0.25) is 0 Å². The van der Waals surface area contributed by atoms with E-state index in [1.807, 2.05) is 61.2 Å². The van der Waals surface area contributed by atoms with Crippen molar-refractivity contribution in [3.63, 3.8) is 0 Å². The molecule has 162 valence electrons. The Kier molecular flexibility index (Phi) is 6.16. The number of carbonyl (C=O) groups excluding carboxylic acids is 1. The third-order valence-electron chi connectivity index (χ3n) is 5.48. The van der Waals surface area contributed by atoms with Crippen molar-refractivity contribution in [2.75, 3.05) is 32.1 Å². The number of nitrogens with one attached hydrogen (secondary N) is 1. The molecular formula is C23H28N6O2. The quantitative estimate of drug-likeness (QED) is 0.631. The summed E-state index contributed by atoms with van der Waals surface area (Å²) in [6, 6.07) is 9.59. The third kappa shape index (κ3) is 4.52. The van der Waals surface area contributed by atoms with Crippen LogP contribution in [0.25, 0.3) is 11.3 Å². The number of carbonyl (C=O) groups is 1. The van der Waals surface area contributed by atoms with Crippen molar-refractivity contribution < 1.29 is 9.53 Å². The number of aromatic nitrogens is 4. The molecule has 3 heterocycles. The van der Waals surface area contributed by atoms with E-state index >= 15 is 0 Å². The van der Waals surface area contributed by atoms with Crippen LogP contribution in [0.3, 0.4) is 0 Å². The highest BCUT2D eigenvalue weighted by Gasteiger charge is 2.33. The van der Waals surface area contributed by atoms with Crippen LogP contribution in [0.1, 0.15) is 37.1 Å². The molecule has 3 aromatic rings. The number of rotatable bonds is 7. The maximum Gasteiger partial charge on any atom is 0.227 e. The van der Waals surface area contributed by atoms with Crippen molar-refractivity contribution in [3.05, 3.63) is 54.0 Å². The first kappa shape index (κ1) is 20.8. The van der Waals surface area contributed by atoms with Gasteiger partial charge in [0, 0.05) is 32.4 Å². The van der Waals surface area contributed by atoms with Gasteiger partial charge in [0.05, 0.1) is 36.7 Å². The monoisotopic (exact) mass is 420 g/mol. The highest BCUT2D eigenvalue weighted by Crippen LogP contribution is 2.36. The van der Waals surface area contributed by atoms with Crippen LogP contribution in [0, 0.1) is 0 Å². The molecule has 1 aromatic carbocycles. The maximum absolute atomic E-state index is 13.2. The average Bonchev–Trinajstić information content (AvgIpc) is 3.44. The summed E-state index contributed by atoms with van der Waals surface area (Å²) in [5, 5.41) is 7.40. The van der Waals surface area contributed by atoms with Crippen LogP contribution in [-0.2, 0) is 11.2 Å². The van der Waals surface area contributed by atoms with Crippen LogP contribution >= 0.6 is 0 Å². The van der Waals surface area contributed by atoms with E-state index in [-0.39, 0.29) is 11.9 Å². The molecule has 8 heteroatoms. The van der Waals surface area contributed by atoms with E-state index in [0.717, 1.165) is 47.7 Å². The molecule has 1 saturated heterocycles. The summed E-state index contributed by atoms with van der Waals surface area (Å²) in [7, 11) is 3.82. The first-order valence-corrected chi connectivity index (χ1v) is 10.6. The van der Waals surface area contributed by atoms with Crippen LogP contribution in [0.4, 0.5) is 5.95 Å². The lowest BCUT2D eigenvalue weighted by atomic mass is 10.0. The van der Waals surface area contributed by atoms with Crippen molar-refractivity contribution in [3.8, 4) is 17.0 Å². The van der Waals surface area contributed by atoms with Gasteiger partial charge in [-0.3, -0.25) is 9.89 Å². The van der Waals surface area contributed by atoms with Crippen LogP contribution in [0.5, 0.6) is 5.75 Å². The molecule has 0 spiro atoms. The Bertz CT molecular complexity index is 1030. The van der Waals surface area contributed by atoms with Gasteiger partial charge in [0.25, 0.3) is 0 Å². The molecule has 8 nitrogen and oxygen atoms in total. The normalized spacial score (nSPS) is 15.8. The summed E-state index contributed by atoms with van der Waals surface area (Å²) in [5.41, 5.74) is 3.63. The molecule has 0 radical (unpaired) electrons. The zero-order valence-corrected chi connectivity index (χ0v) is 18.2. The van der Waals surface area contributed by atoms with Gasteiger partial charge in [-0.05, 0) is 43.5 Å². The summed E-state index contributed by atoms with van der Waals surface area (Å²) in [6.07, 6.45) is 5.76. The fraction of sp³-hybridized carbons (Fsp3) is 0.391. The van der Waals surface area contributed by atoms with E-state index in [9.17, 15) is 4.79 Å². The highest BCUT2D eigenvalue weighted by molar-refractivity contribution is 5.80. The standard InChI is InChI=1S/C23H28N6O2/c1-4-31-17-9-7-16(8-10-17)14-21(30)29-13-5-6-20(29)22-18(15-25-27-22)19-11-12-24-23(26-19)28(2)3/h7-12,15,20H,4-6,13-14H2,1-3H3,(H,25,27)/t20-/m0/s1. The Labute approximate surface area is 182 Å². The van der Waals surface area contributed by atoms with E-state index in [1.165, 1.54) is 0 Å². The topological polar surface area (TPSA) is 87.2 Å². The minimum Gasteiger partial charge on any atom is -0.494 e. The van der Waals surface area contributed by atoms with Crippen LogP contribution < -0.4 is 9.64 Å². The second kappa shape index (κ2) is 9.16. The summed E-state index contributed by atoms with van der Waals surface area (Å²) in [5.74, 6) is 1.57. The van der Waals surface area contributed by atoms with Crippen molar-refractivity contribution in [1.29, 1.82) is 0 Å². The lowest BCUT2D eigenvalue weighted by molar-refractivity contribution is -0.131. The number of benzene rings is 1. The summed E-state index contributed by atoms with van der Waals surface area (Å²) < 4.78 is 5.49. The van der Waals surface area contributed by atoms with Gasteiger partial charge < -0.3 is 14.5 Å². The van der Waals surface area contributed by atoms with Crippen molar-refractivity contribution in [2.45, 2.75) is 32.2 Å². The fourth-order valence-corrected chi connectivity index (χ4v) is 3.98. The predicted octanol–water partition coefficient (Wildman–Crippen LogP) is 3.24. The zero-order chi connectivity index (χ0) is 21.8. The summed E-state index contributed by atoms with van der Waals surface area (Å²) >= 11 is 0. The fourth-order valence-electron chi connectivity index (χ4n) is 3.98. The molecule has 2 aromatic heterocycles. The summed E-state index contributed by atoms with van der Waals surface area (Å²) in [6.45, 7) is 3.33. The molecule has 0 saturated carbocycles. The van der Waals surface area contributed by atoms with Crippen LogP contribution in [-0.4, -0.2) is 58.2 Å². The van der Waals surface area contributed by atoms with Gasteiger partial charge in [0.1, 0.15) is 5.75 Å². The van der Waals surface area contributed by atoms with Gasteiger partial charge >= 0.3 is 0 Å². The molecule has 0 aliphatic carbocycles. The minimum absolute atomic E-state index is 0.0366. The molecule has 31 heavy (non-hydrogen) atoms. The Balaban J connectivity index is 1.53. The number of ether oxygens (including phenoxy) is 1. The highest BCUT2D eigenvalue weighted by atomic mass is 16.5. The van der Waals surface area contributed by atoms with Crippen molar-refractivity contribution >= 4 is 11.9 Å². The second-order valence-electron chi connectivity index (χ2n) is 7.83. The molecule has 1 amide bonds. The van der Waals surface area contributed by atoms with Gasteiger partial charge in [-0.25, -0.2) is 9.97 Å². The first-order valence-electron chi connectivity index (χ1n) is 10.6.